The standard InChI is InChI=1S/C29H43FN2O3/c1-2-35-27-12-5-22(19-27)20-28(33)31-26-10-3-21(4-11-26)13-16-32-17-14-24(15-18-32)29(34)23-6-8-25(30)9-7-23/h6-9,21-22,24,26-27H,2-5,10-20H2,1H3,(H,31,33)/t21?,22-,26?,27-/m0/s1. The molecule has 2 atom stereocenters. The van der Waals surface area contributed by atoms with Crippen molar-refractivity contribution in [2.24, 2.45) is 17.8 Å². The summed E-state index contributed by atoms with van der Waals surface area (Å²) in [4.78, 5) is 27.7. The number of amides is 1. The second kappa shape index (κ2) is 13.0. The van der Waals surface area contributed by atoms with Crippen LogP contribution in [0.1, 0.15) is 87.9 Å². The van der Waals surface area contributed by atoms with Crippen LogP contribution in [0, 0.1) is 23.6 Å². The van der Waals surface area contributed by atoms with E-state index in [-0.39, 0.29) is 23.4 Å². The molecule has 0 bridgehead atoms. The van der Waals surface area contributed by atoms with Gasteiger partial charge in [-0.1, -0.05) is 0 Å². The average Bonchev–Trinajstić information content (AvgIpc) is 3.31. The van der Waals surface area contributed by atoms with Crippen molar-refractivity contribution in [3.05, 3.63) is 35.6 Å². The number of ether oxygens (including phenoxy) is 1. The van der Waals surface area contributed by atoms with Crippen molar-refractivity contribution < 1.29 is 18.7 Å². The molecule has 0 aromatic heterocycles. The van der Waals surface area contributed by atoms with Gasteiger partial charge in [0.1, 0.15) is 5.82 Å². The van der Waals surface area contributed by atoms with Gasteiger partial charge in [0, 0.05) is 30.6 Å². The zero-order chi connectivity index (χ0) is 24.6. The number of hydrogen-bond donors (Lipinski definition) is 1. The van der Waals surface area contributed by atoms with Crippen LogP contribution in [-0.4, -0.2) is 55.0 Å². The lowest BCUT2D eigenvalue weighted by molar-refractivity contribution is -0.123. The number of Topliss-reactive ketones (excluding diaryl/α,β-unsaturated/α-hetero) is 1. The molecule has 1 amide bonds. The Morgan fingerprint density at radius 2 is 1.66 bits per heavy atom. The minimum atomic E-state index is -0.298. The molecule has 2 saturated carbocycles. The summed E-state index contributed by atoms with van der Waals surface area (Å²) in [5.74, 6) is 1.38. The smallest absolute Gasteiger partial charge is 0.220 e. The molecule has 1 aromatic rings. The van der Waals surface area contributed by atoms with Crippen molar-refractivity contribution in [2.45, 2.75) is 89.7 Å². The van der Waals surface area contributed by atoms with E-state index >= 15 is 0 Å². The number of nitrogens with zero attached hydrogens (tertiary/aromatic N) is 1. The molecule has 1 N–H and O–H groups in total. The lowest BCUT2D eigenvalue weighted by Crippen LogP contribution is -2.39. The highest BCUT2D eigenvalue weighted by molar-refractivity contribution is 5.97. The highest BCUT2D eigenvalue weighted by Gasteiger charge is 2.29. The Morgan fingerprint density at radius 3 is 2.34 bits per heavy atom. The number of rotatable bonds is 10. The molecular weight excluding hydrogens is 443 g/mol. The first-order chi connectivity index (χ1) is 17.0. The maximum Gasteiger partial charge on any atom is 0.220 e. The van der Waals surface area contributed by atoms with E-state index in [1.54, 1.807) is 12.1 Å². The minimum absolute atomic E-state index is 0.0602. The Hall–Kier alpha value is -1.79. The molecular formula is C29H43FN2O3. The summed E-state index contributed by atoms with van der Waals surface area (Å²) in [5.41, 5.74) is 0.631. The fourth-order valence-electron chi connectivity index (χ4n) is 6.38. The van der Waals surface area contributed by atoms with Gasteiger partial charge in [-0.05, 0) is 127 Å². The molecule has 3 aliphatic rings. The molecule has 0 unspecified atom stereocenters. The van der Waals surface area contributed by atoms with Gasteiger partial charge in [0.2, 0.25) is 5.91 Å². The van der Waals surface area contributed by atoms with E-state index in [4.69, 9.17) is 4.74 Å². The van der Waals surface area contributed by atoms with Crippen molar-refractivity contribution in [3.63, 3.8) is 0 Å². The van der Waals surface area contributed by atoms with E-state index < -0.39 is 0 Å². The molecule has 4 rings (SSSR count). The molecule has 1 aromatic carbocycles. The third kappa shape index (κ3) is 7.85. The predicted octanol–water partition coefficient (Wildman–Crippen LogP) is 5.38. The number of likely N-dealkylation sites (tertiary alicyclic amines) is 1. The van der Waals surface area contributed by atoms with Crippen LogP contribution in [0.5, 0.6) is 0 Å². The Kier molecular flexibility index (Phi) is 9.73. The maximum absolute atomic E-state index is 13.1. The lowest BCUT2D eigenvalue weighted by atomic mass is 9.83. The summed E-state index contributed by atoms with van der Waals surface area (Å²) in [6.45, 7) is 5.84. The largest absolute Gasteiger partial charge is 0.378 e. The molecule has 0 spiro atoms. The van der Waals surface area contributed by atoms with E-state index in [9.17, 15) is 14.0 Å². The number of hydrogen-bond acceptors (Lipinski definition) is 4. The molecule has 1 saturated heterocycles. The van der Waals surface area contributed by atoms with E-state index in [1.165, 1.54) is 31.4 Å². The molecule has 1 aliphatic heterocycles. The summed E-state index contributed by atoms with van der Waals surface area (Å²) >= 11 is 0. The summed E-state index contributed by atoms with van der Waals surface area (Å²) in [7, 11) is 0. The van der Waals surface area contributed by atoms with Crippen molar-refractivity contribution >= 4 is 11.7 Å². The number of nitrogens with one attached hydrogen (secondary N) is 1. The molecule has 0 radical (unpaired) electrons. The predicted molar refractivity (Wildman–Crippen MR) is 136 cm³/mol. The van der Waals surface area contributed by atoms with Crippen molar-refractivity contribution in [1.82, 2.24) is 10.2 Å². The van der Waals surface area contributed by atoms with Gasteiger partial charge in [-0.3, -0.25) is 9.59 Å². The number of carbonyl (C=O) groups excluding carboxylic acids is 2. The van der Waals surface area contributed by atoms with Crippen LogP contribution in [-0.2, 0) is 9.53 Å². The first kappa shape index (κ1) is 26.3. The summed E-state index contributed by atoms with van der Waals surface area (Å²) in [6.07, 6.45) is 11.8. The number of halogens is 1. The Balaban J connectivity index is 1.08. The van der Waals surface area contributed by atoms with Gasteiger partial charge in [0.25, 0.3) is 0 Å². The van der Waals surface area contributed by atoms with Crippen LogP contribution < -0.4 is 5.32 Å². The van der Waals surface area contributed by atoms with Crippen LogP contribution in [0.2, 0.25) is 0 Å². The molecule has 1 heterocycles. The van der Waals surface area contributed by atoms with Crippen LogP contribution in [0.25, 0.3) is 0 Å². The second-order valence-corrected chi connectivity index (χ2v) is 11.0. The van der Waals surface area contributed by atoms with Crippen molar-refractivity contribution in [3.8, 4) is 0 Å². The topological polar surface area (TPSA) is 58.6 Å². The first-order valence-corrected chi connectivity index (χ1v) is 13.9. The number of ketones is 1. The molecule has 6 heteroatoms. The van der Waals surface area contributed by atoms with E-state index in [2.05, 4.69) is 10.2 Å². The quantitative estimate of drug-likeness (QED) is 0.451. The van der Waals surface area contributed by atoms with Crippen LogP contribution in [0.4, 0.5) is 4.39 Å². The van der Waals surface area contributed by atoms with Gasteiger partial charge in [-0.2, -0.15) is 0 Å². The maximum atomic E-state index is 13.1. The second-order valence-electron chi connectivity index (χ2n) is 11.0. The van der Waals surface area contributed by atoms with Crippen LogP contribution in [0.15, 0.2) is 24.3 Å². The van der Waals surface area contributed by atoms with E-state index in [1.807, 2.05) is 6.92 Å². The Morgan fingerprint density at radius 1 is 0.971 bits per heavy atom. The SMILES string of the molecule is CCO[C@H]1CC[C@H](CC(=O)NC2CCC(CCN3CCC(C(=O)c4ccc(F)cc4)CC3)CC2)C1. The van der Waals surface area contributed by atoms with Crippen LogP contribution in [0.3, 0.4) is 0 Å². The lowest BCUT2D eigenvalue weighted by Gasteiger charge is -2.34. The van der Waals surface area contributed by atoms with Gasteiger partial charge in [0.15, 0.2) is 5.78 Å². The molecule has 35 heavy (non-hydrogen) atoms. The highest BCUT2D eigenvalue weighted by atomic mass is 19.1. The number of piperidine rings is 1. The molecule has 2 aliphatic carbocycles. The van der Waals surface area contributed by atoms with Crippen LogP contribution >= 0.6 is 0 Å². The van der Waals surface area contributed by atoms with Gasteiger partial charge < -0.3 is 15.0 Å². The highest BCUT2D eigenvalue weighted by Crippen LogP contribution is 2.31. The Labute approximate surface area is 210 Å². The average molecular weight is 487 g/mol. The number of carbonyl (C=O) groups is 2. The summed E-state index contributed by atoms with van der Waals surface area (Å²) in [5, 5.41) is 3.31. The van der Waals surface area contributed by atoms with E-state index in [0.717, 1.165) is 77.1 Å². The van der Waals surface area contributed by atoms with Gasteiger partial charge in [-0.25, -0.2) is 4.39 Å². The monoisotopic (exact) mass is 486 g/mol. The minimum Gasteiger partial charge on any atom is -0.378 e. The fraction of sp³-hybridized carbons (Fsp3) is 0.724. The fourth-order valence-corrected chi connectivity index (χ4v) is 6.38. The summed E-state index contributed by atoms with van der Waals surface area (Å²) < 4.78 is 18.8. The molecule has 3 fully saturated rings. The van der Waals surface area contributed by atoms with Gasteiger partial charge in [-0.15, -0.1) is 0 Å². The zero-order valence-electron chi connectivity index (χ0n) is 21.4. The van der Waals surface area contributed by atoms with E-state index in [0.29, 0.717) is 30.0 Å². The Bertz CT molecular complexity index is 814. The molecule has 194 valence electrons. The third-order valence-electron chi connectivity index (χ3n) is 8.52. The third-order valence-corrected chi connectivity index (χ3v) is 8.52. The zero-order valence-corrected chi connectivity index (χ0v) is 21.4. The summed E-state index contributed by atoms with van der Waals surface area (Å²) in [6, 6.07) is 6.30. The van der Waals surface area contributed by atoms with Gasteiger partial charge >= 0.3 is 0 Å². The number of benzene rings is 1. The molecule has 5 nitrogen and oxygen atoms in total. The normalized spacial score (nSPS) is 28.2. The first-order valence-electron chi connectivity index (χ1n) is 13.9. The van der Waals surface area contributed by atoms with Crippen molar-refractivity contribution in [1.29, 1.82) is 0 Å². The van der Waals surface area contributed by atoms with Crippen molar-refractivity contribution in [2.75, 3.05) is 26.2 Å². The van der Waals surface area contributed by atoms with Gasteiger partial charge in [0.05, 0.1) is 6.10 Å².